The Hall–Kier alpha value is -1.28. The Morgan fingerprint density at radius 3 is 2.88 bits per heavy atom. The number of nitrogens with two attached hydrogens (primary N) is 1. The Balaban J connectivity index is 2.05. The highest BCUT2D eigenvalue weighted by molar-refractivity contribution is 7.10. The summed E-state index contributed by atoms with van der Waals surface area (Å²) in [6.07, 6.45) is 5.22. The number of aromatic nitrogens is 1. The molecule has 1 saturated carbocycles. The third-order valence-electron chi connectivity index (χ3n) is 3.30. The van der Waals surface area contributed by atoms with E-state index >= 15 is 0 Å². The maximum absolute atomic E-state index is 8.96. The minimum Gasteiger partial charge on any atom is -0.382 e. The number of hydrogen-bond donors (Lipinski definition) is 2. The molecule has 0 saturated heterocycles. The monoisotopic (exact) mass is 236 g/mol. The van der Waals surface area contributed by atoms with Crippen LogP contribution in [0.5, 0.6) is 0 Å². The van der Waals surface area contributed by atoms with Gasteiger partial charge in [0.05, 0.1) is 0 Å². The van der Waals surface area contributed by atoms with Crippen LogP contribution in [0.3, 0.4) is 0 Å². The van der Waals surface area contributed by atoms with Crippen molar-refractivity contribution in [3.05, 3.63) is 5.56 Å². The fourth-order valence-corrected chi connectivity index (χ4v) is 3.05. The molecule has 1 atom stereocenters. The van der Waals surface area contributed by atoms with E-state index in [1.807, 2.05) is 0 Å². The first-order valence-electron chi connectivity index (χ1n) is 5.64. The van der Waals surface area contributed by atoms with Crippen LogP contribution in [0.25, 0.3) is 0 Å². The Bertz CT molecular complexity index is 401. The zero-order valence-corrected chi connectivity index (χ0v) is 10.2. The van der Waals surface area contributed by atoms with Gasteiger partial charge in [0.2, 0.25) is 0 Å². The molecule has 1 aromatic rings. The van der Waals surface area contributed by atoms with E-state index in [1.54, 1.807) is 0 Å². The average Bonchev–Trinajstić information content (AvgIpc) is 2.88. The first-order chi connectivity index (χ1) is 7.72. The molecule has 1 aliphatic carbocycles. The lowest BCUT2D eigenvalue weighted by atomic mass is 10.00. The van der Waals surface area contributed by atoms with Crippen molar-refractivity contribution in [3.63, 3.8) is 0 Å². The lowest BCUT2D eigenvalue weighted by Crippen LogP contribution is -2.23. The number of hydrogen-bond acceptors (Lipinski definition) is 5. The van der Waals surface area contributed by atoms with E-state index in [0.717, 1.165) is 10.9 Å². The summed E-state index contributed by atoms with van der Waals surface area (Å²) in [5.41, 5.74) is 6.11. The molecule has 2 rings (SSSR count). The Morgan fingerprint density at radius 2 is 2.25 bits per heavy atom. The second kappa shape index (κ2) is 4.71. The summed E-state index contributed by atoms with van der Waals surface area (Å²) in [6.45, 7) is 2.17. The van der Waals surface area contributed by atoms with Gasteiger partial charge in [-0.1, -0.05) is 12.8 Å². The summed E-state index contributed by atoms with van der Waals surface area (Å²) in [5, 5.41) is 13.2. The van der Waals surface area contributed by atoms with Crippen molar-refractivity contribution in [2.45, 2.75) is 38.6 Å². The normalized spacial score (nSPS) is 18.2. The number of rotatable bonds is 3. The molecular weight excluding hydrogens is 220 g/mol. The van der Waals surface area contributed by atoms with Crippen LogP contribution >= 0.6 is 11.5 Å². The first kappa shape index (κ1) is 11.2. The van der Waals surface area contributed by atoms with E-state index in [2.05, 4.69) is 22.7 Å². The van der Waals surface area contributed by atoms with Crippen molar-refractivity contribution in [1.29, 1.82) is 5.26 Å². The fourth-order valence-electron chi connectivity index (χ4n) is 2.29. The zero-order chi connectivity index (χ0) is 11.5. The molecule has 1 aliphatic rings. The van der Waals surface area contributed by atoms with Crippen LogP contribution < -0.4 is 11.1 Å². The average molecular weight is 236 g/mol. The summed E-state index contributed by atoms with van der Waals surface area (Å²) >= 11 is 1.28. The van der Waals surface area contributed by atoms with Crippen molar-refractivity contribution in [2.24, 2.45) is 5.92 Å². The highest BCUT2D eigenvalue weighted by atomic mass is 32.1. The van der Waals surface area contributed by atoms with Crippen molar-refractivity contribution < 1.29 is 0 Å². The van der Waals surface area contributed by atoms with Crippen LogP contribution in [0.4, 0.5) is 10.8 Å². The molecule has 1 aromatic heterocycles. The lowest BCUT2D eigenvalue weighted by molar-refractivity contribution is 0.483. The minimum absolute atomic E-state index is 0.341. The van der Waals surface area contributed by atoms with Crippen molar-refractivity contribution in [3.8, 4) is 6.07 Å². The van der Waals surface area contributed by atoms with Crippen LogP contribution in [-0.2, 0) is 0 Å². The van der Waals surface area contributed by atoms with Gasteiger partial charge in [-0.15, -0.1) is 0 Å². The molecule has 5 heteroatoms. The molecule has 0 radical (unpaired) electrons. The summed E-state index contributed by atoms with van der Waals surface area (Å²) < 4.78 is 4.00. The molecule has 0 aliphatic heterocycles. The van der Waals surface area contributed by atoms with Crippen LogP contribution in [0.1, 0.15) is 38.2 Å². The summed E-state index contributed by atoms with van der Waals surface area (Å²) in [7, 11) is 0. The van der Waals surface area contributed by atoms with Gasteiger partial charge in [-0.05, 0) is 37.2 Å². The van der Waals surface area contributed by atoms with E-state index in [9.17, 15) is 0 Å². The van der Waals surface area contributed by atoms with Crippen LogP contribution in [0.2, 0.25) is 0 Å². The number of nitrogens with one attached hydrogen (secondary N) is 1. The quantitative estimate of drug-likeness (QED) is 0.845. The minimum atomic E-state index is 0.341. The maximum atomic E-state index is 8.96. The largest absolute Gasteiger partial charge is 0.382 e. The number of anilines is 2. The number of nitrogen functional groups attached to an aromatic ring is 1. The molecule has 86 valence electrons. The van der Waals surface area contributed by atoms with E-state index < -0.39 is 0 Å². The second-order valence-corrected chi connectivity index (χ2v) is 5.13. The van der Waals surface area contributed by atoms with Gasteiger partial charge in [0.1, 0.15) is 16.6 Å². The fraction of sp³-hybridized carbons (Fsp3) is 0.636. The van der Waals surface area contributed by atoms with Crippen molar-refractivity contribution in [1.82, 2.24) is 4.37 Å². The molecule has 0 amide bonds. The van der Waals surface area contributed by atoms with Gasteiger partial charge in [0, 0.05) is 6.04 Å². The molecule has 3 N–H and O–H groups in total. The highest BCUT2D eigenvalue weighted by Crippen LogP contribution is 2.32. The van der Waals surface area contributed by atoms with Gasteiger partial charge < -0.3 is 11.1 Å². The van der Waals surface area contributed by atoms with Gasteiger partial charge in [-0.3, -0.25) is 0 Å². The predicted molar refractivity (Wildman–Crippen MR) is 66.3 cm³/mol. The maximum Gasteiger partial charge on any atom is 0.157 e. The smallest absolute Gasteiger partial charge is 0.157 e. The molecule has 1 unspecified atom stereocenters. The Labute approximate surface area is 99.6 Å². The number of nitriles is 1. The van der Waals surface area contributed by atoms with E-state index in [1.165, 1.54) is 37.2 Å². The Kier molecular flexibility index (Phi) is 3.30. The number of nitrogens with zero attached hydrogens (tertiary/aromatic N) is 2. The Morgan fingerprint density at radius 1 is 1.56 bits per heavy atom. The standard InChI is InChI=1S/C11H16N4S/c1-7(8-4-2-3-5-8)14-11-9(6-12)10(13)15-16-11/h7-8,14H,2-5H2,1H3,(H2,13,15). The van der Waals surface area contributed by atoms with Crippen LogP contribution in [-0.4, -0.2) is 10.4 Å². The summed E-state index contributed by atoms with van der Waals surface area (Å²) in [4.78, 5) is 0. The van der Waals surface area contributed by atoms with Gasteiger partial charge in [0.15, 0.2) is 5.82 Å². The summed E-state index contributed by atoms with van der Waals surface area (Å²) in [6, 6.07) is 2.50. The van der Waals surface area contributed by atoms with Gasteiger partial charge in [-0.2, -0.15) is 9.64 Å². The lowest BCUT2D eigenvalue weighted by Gasteiger charge is -2.20. The molecule has 0 bridgehead atoms. The van der Waals surface area contributed by atoms with Crippen molar-refractivity contribution >= 4 is 22.4 Å². The molecule has 1 fully saturated rings. The van der Waals surface area contributed by atoms with Gasteiger partial charge in [0.25, 0.3) is 0 Å². The third kappa shape index (κ3) is 2.12. The first-order valence-corrected chi connectivity index (χ1v) is 6.41. The predicted octanol–water partition coefficient (Wildman–Crippen LogP) is 2.59. The van der Waals surface area contributed by atoms with E-state index in [4.69, 9.17) is 11.0 Å². The van der Waals surface area contributed by atoms with Crippen LogP contribution in [0, 0.1) is 17.2 Å². The third-order valence-corrected chi connectivity index (χ3v) is 4.09. The molecule has 1 heterocycles. The molecule has 0 aromatic carbocycles. The highest BCUT2D eigenvalue weighted by Gasteiger charge is 2.23. The SMILES string of the molecule is CC(Nc1snc(N)c1C#N)C1CCCC1. The summed E-state index contributed by atoms with van der Waals surface area (Å²) in [5.74, 6) is 1.06. The molecule has 4 nitrogen and oxygen atoms in total. The van der Waals surface area contributed by atoms with Crippen LogP contribution in [0.15, 0.2) is 0 Å². The molecule has 0 spiro atoms. The second-order valence-electron chi connectivity index (χ2n) is 4.36. The molecule has 16 heavy (non-hydrogen) atoms. The van der Waals surface area contributed by atoms with E-state index in [0.29, 0.717) is 17.4 Å². The van der Waals surface area contributed by atoms with Gasteiger partial charge >= 0.3 is 0 Å². The van der Waals surface area contributed by atoms with E-state index in [-0.39, 0.29) is 0 Å². The zero-order valence-electron chi connectivity index (χ0n) is 9.36. The molecular formula is C11H16N4S. The topological polar surface area (TPSA) is 74.7 Å². The van der Waals surface area contributed by atoms with Gasteiger partial charge in [-0.25, -0.2) is 0 Å². The van der Waals surface area contributed by atoms with Crippen molar-refractivity contribution in [2.75, 3.05) is 11.1 Å².